The molecule has 0 bridgehead atoms. The van der Waals surface area contributed by atoms with Crippen molar-refractivity contribution >= 4 is 6.09 Å². The Kier molecular flexibility index (Phi) is 1.92. The molecular formula is C8H13NO4. The molecule has 2 saturated heterocycles. The summed E-state index contributed by atoms with van der Waals surface area (Å²) in [7, 11) is 0. The molecule has 5 nitrogen and oxygen atoms in total. The molecular weight excluding hydrogens is 174 g/mol. The molecule has 0 aromatic rings. The number of rotatable bonds is 0. The predicted octanol–water partition coefficient (Wildman–Crippen LogP) is 0.238. The highest BCUT2D eigenvalue weighted by Gasteiger charge is 2.46. The Morgan fingerprint density at radius 1 is 1.54 bits per heavy atom. The van der Waals surface area contributed by atoms with Crippen molar-refractivity contribution in [3.63, 3.8) is 0 Å². The van der Waals surface area contributed by atoms with Gasteiger partial charge >= 0.3 is 6.09 Å². The first-order valence-corrected chi connectivity index (χ1v) is 4.45. The zero-order chi connectivity index (χ0) is 9.47. The number of amides is 1. The molecule has 0 saturated carbocycles. The van der Waals surface area contributed by atoms with Crippen molar-refractivity contribution in [3.8, 4) is 0 Å². The van der Waals surface area contributed by atoms with Crippen molar-refractivity contribution in [1.29, 1.82) is 0 Å². The predicted molar refractivity (Wildman–Crippen MR) is 43.3 cm³/mol. The quantitative estimate of drug-likeness (QED) is 0.569. The second kappa shape index (κ2) is 2.85. The van der Waals surface area contributed by atoms with E-state index in [9.17, 15) is 9.90 Å². The van der Waals surface area contributed by atoms with Crippen molar-refractivity contribution in [2.75, 3.05) is 13.1 Å². The number of nitrogens with zero attached hydrogens (tertiary/aromatic N) is 1. The molecule has 0 aromatic heterocycles. The fraction of sp³-hybridized carbons (Fsp3) is 0.875. The molecule has 2 aliphatic rings. The van der Waals surface area contributed by atoms with E-state index in [0.29, 0.717) is 25.9 Å². The molecule has 2 atom stereocenters. The number of hydrogen-bond acceptors (Lipinski definition) is 3. The second-order valence-electron chi connectivity index (χ2n) is 3.75. The van der Waals surface area contributed by atoms with E-state index in [2.05, 4.69) is 0 Å². The standard InChI is InChI=1S/C8H13NO4/c10-6-1-2-8(13-6)3-4-9(5-8)7(11)12/h6,10H,1-5H2,(H,11,12). The van der Waals surface area contributed by atoms with Gasteiger partial charge in [-0.1, -0.05) is 0 Å². The number of ether oxygens (including phenoxy) is 1. The molecule has 0 radical (unpaired) electrons. The highest BCUT2D eigenvalue weighted by Crippen LogP contribution is 2.37. The molecule has 5 heteroatoms. The summed E-state index contributed by atoms with van der Waals surface area (Å²) >= 11 is 0. The van der Waals surface area contributed by atoms with E-state index >= 15 is 0 Å². The molecule has 2 N–H and O–H groups in total. The average molecular weight is 187 g/mol. The van der Waals surface area contributed by atoms with Crippen LogP contribution in [0.25, 0.3) is 0 Å². The lowest BCUT2D eigenvalue weighted by Crippen LogP contribution is -2.35. The van der Waals surface area contributed by atoms with Gasteiger partial charge in [0, 0.05) is 13.0 Å². The summed E-state index contributed by atoms with van der Waals surface area (Å²) in [5, 5.41) is 17.9. The fourth-order valence-corrected chi connectivity index (χ4v) is 2.10. The first-order valence-electron chi connectivity index (χ1n) is 4.45. The third kappa shape index (κ3) is 1.49. The van der Waals surface area contributed by atoms with E-state index in [1.165, 1.54) is 4.90 Å². The number of aliphatic hydroxyl groups excluding tert-OH is 1. The minimum absolute atomic E-state index is 0.391. The SMILES string of the molecule is O=C(O)N1CCC2(CCC(O)O2)C1. The van der Waals surface area contributed by atoms with Gasteiger partial charge in [-0.25, -0.2) is 4.79 Å². The average Bonchev–Trinajstić information content (AvgIpc) is 2.61. The summed E-state index contributed by atoms with van der Waals surface area (Å²) in [5.41, 5.74) is -0.391. The fourth-order valence-electron chi connectivity index (χ4n) is 2.10. The Morgan fingerprint density at radius 3 is 2.77 bits per heavy atom. The lowest BCUT2D eigenvalue weighted by Gasteiger charge is -2.22. The number of carboxylic acid groups (broad SMARTS) is 1. The summed E-state index contributed by atoms with van der Waals surface area (Å²) in [6.07, 6.45) is 0.484. The first-order chi connectivity index (χ1) is 6.11. The first kappa shape index (κ1) is 8.77. The zero-order valence-corrected chi connectivity index (χ0v) is 7.27. The van der Waals surface area contributed by atoms with Gasteiger partial charge in [0.25, 0.3) is 0 Å². The number of likely N-dealkylation sites (tertiary alicyclic amines) is 1. The second-order valence-corrected chi connectivity index (χ2v) is 3.75. The van der Waals surface area contributed by atoms with Crippen LogP contribution in [-0.4, -0.2) is 46.2 Å². The Balaban J connectivity index is 2.01. The summed E-state index contributed by atoms with van der Waals surface area (Å²) in [5.74, 6) is 0. The smallest absolute Gasteiger partial charge is 0.407 e. The highest BCUT2D eigenvalue weighted by molar-refractivity contribution is 5.65. The van der Waals surface area contributed by atoms with Crippen molar-refractivity contribution in [2.24, 2.45) is 0 Å². The van der Waals surface area contributed by atoms with Crippen LogP contribution in [0.1, 0.15) is 19.3 Å². The van der Waals surface area contributed by atoms with Gasteiger partial charge in [0.2, 0.25) is 0 Å². The highest BCUT2D eigenvalue weighted by atomic mass is 16.6. The molecule has 0 aromatic carbocycles. The Hall–Kier alpha value is -0.810. The van der Waals surface area contributed by atoms with Crippen LogP contribution in [0, 0.1) is 0 Å². The van der Waals surface area contributed by atoms with Gasteiger partial charge in [-0.2, -0.15) is 0 Å². The van der Waals surface area contributed by atoms with Gasteiger partial charge in [0.15, 0.2) is 6.29 Å². The van der Waals surface area contributed by atoms with E-state index in [1.807, 2.05) is 0 Å². The van der Waals surface area contributed by atoms with E-state index in [4.69, 9.17) is 9.84 Å². The molecule has 74 valence electrons. The summed E-state index contributed by atoms with van der Waals surface area (Å²) in [6.45, 7) is 0.918. The summed E-state index contributed by atoms with van der Waals surface area (Å²) in [6, 6.07) is 0. The van der Waals surface area contributed by atoms with Crippen LogP contribution < -0.4 is 0 Å². The molecule has 13 heavy (non-hydrogen) atoms. The van der Waals surface area contributed by atoms with Crippen molar-refractivity contribution < 1.29 is 19.7 Å². The van der Waals surface area contributed by atoms with Crippen LogP contribution in [0.15, 0.2) is 0 Å². The third-order valence-corrected chi connectivity index (χ3v) is 2.82. The molecule has 1 amide bonds. The lowest BCUT2D eigenvalue weighted by molar-refractivity contribution is -0.131. The molecule has 0 aliphatic carbocycles. The molecule has 2 fully saturated rings. The lowest BCUT2D eigenvalue weighted by atomic mass is 10.00. The third-order valence-electron chi connectivity index (χ3n) is 2.82. The molecule has 2 aliphatic heterocycles. The van der Waals surface area contributed by atoms with Gasteiger partial charge in [-0.15, -0.1) is 0 Å². The van der Waals surface area contributed by atoms with Crippen LogP contribution in [0.3, 0.4) is 0 Å². The topological polar surface area (TPSA) is 70.0 Å². The van der Waals surface area contributed by atoms with E-state index in [1.54, 1.807) is 0 Å². The van der Waals surface area contributed by atoms with Crippen molar-refractivity contribution in [2.45, 2.75) is 31.2 Å². The summed E-state index contributed by atoms with van der Waals surface area (Å²) < 4.78 is 5.34. The van der Waals surface area contributed by atoms with Gasteiger partial charge in [-0.05, 0) is 12.8 Å². The van der Waals surface area contributed by atoms with Crippen LogP contribution in [-0.2, 0) is 4.74 Å². The van der Waals surface area contributed by atoms with Crippen LogP contribution in [0.4, 0.5) is 4.79 Å². The Labute approximate surface area is 75.9 Å². The minimum Gasteiger partial charge on any atom is -0.465 e. The molecule has 2 heterocycles. The van der Waals surface area contributed by atoms with Crippen molar-refractivity contribution in [3.05, 3.63) is 0 Å². The van der Waals surface area contributed by atoms with Gasteiger partial charge in [0.1, 0.15) is 0 Å². The summed E-state index contributed by atoms with van der Waals surface area (Å²) in [4.78, 5) is 12.0. The molecule has 2 unspecified atom stereocenters. The van der Waals surface area contributed by atoms with Crippen LogP contribution >= 0.6 is 0 Å². The molecule has 2 rings (SSSR count). The Morgan fingerprint density at radius 2 is 2.31 bits per heavy atom. The number of carbonyl (C=O) groups is 1. The Bertz CT molecular complexity index is 232. The normalized spacial score (nSPS) is 38.8. The minimum atomic E-state index is -0.901. The maximum absolute atomic E-state index is 10.6. The van der Waals surface area contributed by atoms with E-state index in [-0.39, 0.29) is 0 Å². The molecule has 1 spiro atoms. The number of aliphatic hydroxyl groups is 1. The van der Waals surface area contributed by atoms with E-state index in [0.717, 1.165) is 6.42 Å². The maximum Gasteiger partial charge on any atom is 0.407 e. The number of hydrogen-bond donors (Lipinski definition) is 2. The van der Waals surface area contributed by atoms with Crippen LogP contribution in [0.2, 0.25) is 0 Å². The van der Waals surface area contributed by atoms with Gasteiger partial charge < -0.3 is 19.8 Å². The largest absolute Gasteiger partial charge is 0.465 e. The maximum atomic E-state index is 10.6. The van der Waals surface area contributed by atoms with Gasteiger partial charge in [0.05, 0.1) is 12.1 Å². The van der Waals surface area contributed by atoms with Crippen LogP contribution in [0.5, 0.6) is 0 Å². The van der Waals surface area contributed by atoms with Gasteiger partial charge in [-0.3, -0.25) is 0 Å². The van der Waals surface area contributed by atoms with E-state index < -0.39 is 18.0 Å². The van der Waals surface area contributed by atoms with Crippen molar-refractivity contribution in [1.82, 2.24) is 4.90 Å². The zero-order valence-electron chi connectivity index (χ0n) is 7.27. The monoisotopic (exact) mass is 187 g/mol.